The number of nitro groups is 1. The Labute approximate surface area is 138 Å². The van der Waals surface area contributed by atoms with Gasteiger partial charge in [0.25, 0.3) is 11.6 Å². The molecule has 7 heteroatoms. The van der Waals surface area contributed by atoms with Crippen molar-refractivity contribution in [3.63, 3.8) is 0 Å². The highest BCUT2D eigenvalue weighted by Crippen LogP contribution is 2.21. The van der Waals surface area contributed by atoms with E-state index in [1.54, 1.807) is 24.3 Å². The number of nitrogens with one attached hydrogen (secondary N) is 1. The third kappa shape index (κ3) is 4.04. The van der Waals surface area contributed by atoms with Gasteiger partial charge >= 0.3 is 0 Å². The molecule has 1 amide bonds. The molecule has 2 rings (SSSR count). The number of carbonyl (C=O) groups is 1. The average molecular weight is 325 g/mol. The van der Waals surface area contributed by atoms with Gasteiger partial charge in [-0.25, -0.2) is 5.43 Å². The maximum Gasteiger partial charge on any atom is 0.271 e. The number of benzene rings is 2. The average Bonchev–Trinajstić information content (AvgIpc) is 2.58. The summed E-state index contributed by atoms with van der Waals surface area (Å²) in [6.45, 7) is 3.62. The van der Waals surface area contributed by atoms with Crippen LogP contribution in [0.5, 0.6) is 5.75 Å². The molecule has 0 saturated carbocycles. The fourth-order valence-electron chi connectivity index (χ4n) is 2.00. The molecule has 0 heterocycles. The number of rotatable bonds is 6. The number of amides is 1. The van der Waals surface area contributed by atoms with Gasteiger partial charge in [-0.15, -0.1) is 6.58 Å². The fraction of sp³-hybridized carbons (Fsp3) is 0.0588. The Morgan fingerprint density at radius 2 is 2.00 bits per heavy atom. The minimum absolute atomic E-state index is 0.0748. The molecule has 0 aromatic heterocycles. The molecule has 2 aromatic carbocycles. The molecule has 122 valence electrons. The summed E-state index contributed by atoms with van der Waals surface area (Å²) in [7, 11) is 0. The Bertz CT molecular complexity index is 798. The molecule has 0 aliphatic carbocycles. The second kappa shape index (κ2) is 7.68. The Balaban J connectivity index is 2.06. The fourth-order valence-corrected chi connectivity index (χ4v) is 2.00. The lowest BCUT2D eigenvalue weighted by Crippen LogP contribution is -2.17. The monoisotopic (exact) mass is 325 g/mol. The van der Waals surface area contributed by atoms with Crippen LogP contribution in [0.25, 0.3) is 0 Å². The first-order valence-corrected chi connectivity index (χ1v) is 7.02. The summed E-state index contributed by atoms with van der Waals surface area (Å²) < 4.78 is 0. The molecule has 2 N–H and O–H groups in total. The van der Waals surface area contributed by atoms with E-state index in [1.807, 2.05) is 0 Å². The Morgan fingerprint density at radius 1 is 1.29 bits per heavy atom. The normalized spacial score (nSPS) is 10.5. The number of nitro benzene ring substituents is 1. The van der Waals surface area contributed by atoms with Gasteiger partial charge in [0.1, 0.15) is 5.75 Å². The molecule has 0 aliphatic rings. The summed E-state index contributed by atoms with van der Waals surface area (Å²) in [5.74, 6) is -0.436. The van der Waals surface area contributed by atoms with Crippen LogP contribution >= 0.6 is 0 Å². The first-order chi connectivity index (χ1) is 11.5. The van der Waals surface area contributed by atoms with Crippen LogP contribution in [-0.2, 0) is 6.42 Å². The van der Waals surface area contributed by atoms with Crippen LogP contribution in [0.2, 0.25) is 0 Å². The van der Waals surface area contributed by atoms with E-state index >= 15 is 0 Å². The third-order valence-corrected chi connectivity index (χ3v) is 3.23. The molecular weight excluding hydrogens is 310 g/mol. The van der Waals surface area contributed by atoms with E-state index in [9.17, 15) is 20.0 Å². The van der Waals surface area contributed by atoms with Crippen LogP contribution in [0.1, 0.15) is 21.5 Å². The van der Waals surface area contributed by atoms with E-state index < -0.39 is 10.8 Å². The van der Waals surface area contributed by atoms with Crippen LogP contribution in [-0.4, -0.2) is 22.2 Å². The number of allylic oxidation sites excluding steroid dienone is 1. The molecule has 0 bridgehead atoms. The molecule has 0 saturated heterocycles. The molecule has 0 atom stereocenters. The number of nitrogens with zero attached hydrogens (tertiary/aromatic N) is 2. The van der Waals surface area contributed by atoms with Gasteiger partial charge in [-0.2, -0.15) is 5.10 Å². The standard InChI is InChI=1S/C17H15N3O4/c1-2-4-12-5-3-6-14(16(12)21)11-18-19-17(22)13-7-9-15(10-8-13)20(23)24/h2-3,5-11,21H,1,4H2,(H,19,22)/b18-11-. The zero-order chi connectivity index (χ0) is 17.5. The number of hydrogen-bond donors (Lipinski definition) is 2. The van der Waals surface area contributed by atoms with Crippen molar-refractivity contribution in [2.75, 3.05) is 0 Å². The van der Waals surface area contributed by atoms with Crippen molar-refractivity contribution in [3.05, 3.63) is 81.9 Å². The number of phenolic OH excluding ortho intramolecular Hbond substituents is 1. The largest absolute Gasteiger partial charge is 0.507 e. The Hall–Kier alpha value is -3.48. The zero-order valence-corrected chi connectivity index (χ0v) is 12.7. The minimum atomic E-state index is -0.543. The van der Waals surface area contributed by atoms with E-state index in [4.69, 9.17) is 0 Å². The van der Waals surface area contributed by atoms with Gasteiger partial charge in [0, 0.05) is 23.3 Å². The van der Waals surface area contributed by atoms with Crippen LogP contribution in [0.15, 0.2) is 60.2 Å². The number of non-ortho nitro benzene ring substituents is 1. The summed E-state index contributed by atoms with van der Waals surface area (Å²) in [5, 5.41) is 24.4. The summed E-state index contributed by atoms with van der Waals surface area (Å²) in [6, 6.07) is 10.3. The van der Waals surface area contributed by atoms with Gasteiger partial charge < -0.3 is 5.11 Å². The lowest BCUT2D eigenvalue weighted by atomic mass is 10.1. The van der Waals surface area contributed by atoms with Crippen molar-refractivity contribution in [2.24, 2.45) is 5.10 Å². The number of aromatic hydroxyl groups is 1. The summed E-state index contributed by atoms with van der Waals surface area (Å²) in [5.41, 5.74) is 3.61. The van der Waals surface area contributed by atoms with Crippen molar-refractivity contribution in [2.45, 2.75) is 6.42 Å². The smallest absolute Gasteiger partial charge is 0.271 e. The molecule has 0 spiro atoms. The van der Waals surface area contributed by atoms with Crippen molar-refractivity contribution < 1.29 is 14.8 Å². The highest BCUT2D eigenvalue weighted by atomic mass is 16.6. The van der Waals surface area contributed by atoms with E-state index in [0.29, 0.717) is 17.5 Å². The lowest BCUT2D eigenvalue weighted by Gasteiger charge is -2.04. The number of hydrogen-bond acceptors (Lipinski definition) is 5. The maximum atomic E-state index is 11.9. The molecule has 0 radical (unpaired) electrons. The van der Waals surface area contributed by atoms with Crippen molar-refractivity contribution in [3.8, 4) is 5.75 Å². The maximum absolute atomic E-state index is 11.9. The predicted molar refractivity (Wildman–Crippen MR) is 90.2 cm³/mol. The van der Waals surface area contributed by atoms with Crippen LogP contribution in [0.3, 0.4) is 0 Å². The van der Waals surface area contributed by atoms with Crippen molar-refractivity contribution in [1.82, 2.24) is 5.43 Å². The summed E-state index contributed by atoms with van der Waals surface area (Å²) in [6.07, 6.45) is 3.51. The number of hydrazone groups is 1. The minimum Gasteiger partial charge on any atom is -0.507 e. The molecule has 0 aliphatic heterocycles. The van der Waals surface area contributed by atoms with Gasteiger partial charge in [0.05, 0.1) is 11.1 Å². The molecule has 0 fully saturated rings. The predicted octanol–water partition coefficient (Wildman–Crippen LogP) is 2.79. The second-order valence-electron chi connectivity index (χ2n) is 4.85. The van der Waals surface area contributed by atoms with Crippen molar-refractivity contribution in [1.29, 1.82) is 0 Å². The topological polar surface area (TPSA) is 105 Å². The van der Waals surface area contributed by atoms with Gasteiger partial charge in [-0.3, -0.25) is 14.9 Å². The highest BCUT2D eigenvalue weighted by molar-refractivity contribution is 5.95. The van der Waals surface area contributed by atoms with E-state index in [-0.39, 0.29) is 17.0 Å². The van der Waals surface area contributed by atoms with Gasteiger partial charge in [0.2, 0.25) is 0 Å². The number of para-hydroxylation sites is 1. The molecule has 24 heavy (non-hydrogen) atoms. The van der Waals surface area contributed by atoms with E-state index in [1.165, 1.54) is 30.5 Å². The first kappa shape index (κ1) is 16.9. The summed E-state index contributed by atoms with van der Waals surface area (Å²) >= 11 is 0. The van der Waals surface area contributed by atoms with Crippen LogP contribution in [0, 0.1) is 10.1 Å². The van der Waals surface area contributed by atoms with Gasteiger partial charge in [-0.05, 0) is 30.2 Å². The Morgan fingerprint density at radius 3 is 2.62 bits per heavy atom. The third-order valence-electron chi connectivity index (χ3n) is 3.23. The second-order valence-corrected chi connectivity index (χ2v) is 4.85. The molecular formula is C17H15N3O4. The SMILES string of the molecule is C=CCc1cccc(/C=N\NC(=O)c2ccc([N+](=O)[O-])cc2)c1O. The van der Waals surface area contributed by atoms with Crippen molar-refractivity contribution >= 4 is 17.8 Å². The molecule has 2 aromatic rings. The lowest BCUT2D eigenvalue weighted by molar-refractivity contribution is -0.384. The molecule has 0 unspecified atom stereocenters. The first-order valence-electron chi connectivity index (χ1n) is 7.02. The number of carbonyl (C=O) groups excluding carboxylic acids is 1. The van der Waals surface area contributed by atoms with Gasteiger partial charge in [-0.1, -0.05) is 18.2 Å². The summed E-state index contributed by atoms with van der Waals surface area (Å²) in [4.78, 5) is 21.9. The highest BCUT2D eigenvalue weighted by Gasteiger charge is 2.09. The van der Waals surface area contributed by atoms with E-state index in [2.05, 4.69) is 17.1 Å². The number of phenols is 1. The van der Waals surface area contributed by atoms with E-state index in [0.717, 1.165) is 0 Å². The van der Waals surface area contributed by atoms with Crippen LogP contribution in [0.4, 0.5) is 5.69 Å². The quantitative estimate of drug-likeness (QED) is 0.369. The van der Waals surface area contributed by atoms with Crippen LogP contribution < -0.4 is 5.43 Å². The Kier molecular flexibility index (Phi) is 5.40. The van der Waals surface area contributed by atoms with Gasteiger partial charge in [0.15, 0.2) is 0 Å². The zero-order valence-electron chi connectivity index (χ0n) is 12.7. The molecule has 7 nitrogen and oxygen atoms in total.